The molecule has 6 heterocycles. The molecule has 0 saturated heterocycles. The van der Waals surface area contributed by atoms with E-state index in [0.717, 1.165) is 36.7 Å². The number of aromatic nitrogens is 5. The number of nitrogens with zero attached hydrogens (tertiary/aromatic N) is 5. The van der Waals surface area contributed by atoms with Crippen molar-refractivity contribution in [1.29, 1.82) is 0 Å². The molecule has 24 nitrogen and oxygen atoms in total. The first-order valence-electron chi connectivity index (χ1n) is 35.5. The van der Waals surface area contributed by atoms with Crippen LogP contribution in [-0.2, 0) is 41.7 Å². The lowest BCUT2D eigenvalue weighted by molar-refractivity contribution is -0.130. The maximum absolute atomic E-state index is 12.7. The molecule has 10 aromatic carbocycles. The number of ketones is 5. The maximum Gasteiger partial charge on any atom is 0.347 e. The Bertz CT molecular complexity index is 6240. The molecular formula is C89H67N5O19S5. The van der Waals surface area contributed by atoms with Crippen LogP contribution >= 0.6 is 56.7 Å². The molecule has 5 aromatic heterocycles. The Morgan fingerprint density at radius 3 is 1.14 bits per heavy atom. The number of phenols is 12. The van der Waals surface area contributed by atoms with Crippen molar-refractivity contribution >= 4 is 91.6 Å². The minimum atomic E-state index is -0.608. The normalized spacial score (nSPS) is 11.6. The molecule has 0 unspecified atom stereocenters. The van der Waals surface area contributed by atoms with Crippen LogP contribution in [0.5, 0.6) is 74.7 Å². The number of aromatic hydroxyl groups is 12. The number of allylic oxidation sites excluding steroid dienone is 1. The van der Waals surface area contributed by atoms with E-state index in [0.29, 0.717) is 84.8 Å². The van der Waals surface area contributed by atoms with Gasteiger partial charge in [-0.25, -0.2) is 29.7 Å². The number of carbonyl (C=O) groups excluding carboxylic acids is 6. The second-order valence-electron chi connectivity index (χ2n) is 25.8. The number of esters is 1. The number of ether oxygens (including phenoxy) is 1. The van der Waals surface area contributed by atoms with Gasteiger partial charge in [0.05, 0.1) is 69.6 Å². The molecule has 592 valence electrons. The predicted molar refractivity (Wildman–Crippen MR) is 449 cm³/mol. The minimum absolute atomic E-state index is 0.0127. The Balaban J connectivity index is 0.000000137. The zero-order valence-corrected chi connectivity index (χ0v) is 65.9. The summed E-state index contributed by atoms with van der Waals surface area (Å²) in [5, 5.41) is 124. The van der Waals surface area contributed by atoms with Gasteiger partial charge in [-0.1, -0.05) is 109 Å². The summed E-state index contributed by atoms with van der Waals surface area (Å²) in [7, 11) is 0. The van der Waals surface area contributed by atoms with E-state index in [2.05, 4.69) is 24.9 Å². The van der Waals surface area contributed by atoms with Crippen LogP contribution in [-0.4, -0.2) is 121 Å². The van der Waals surface area contributed by atoms with Gasteiger partial charge in [0.15, 0.2) is 86.3 Å². The first-order chi connectivity index (χ1) is 56.8. The summed E-state index contributed by atoms with van der Waals surface area (Å²) in [6.45, 7) is 1.52. The van der Waals surface area contributed by atoms with Crippen LogP contribution in [0.4, 0.5) is 0 Å². The number of benzene rings is 10. The zero-order valence-electron chi connectivity index (χ0n) is 61.8. The van der Waals surface area contributed by atoms with Gasteiger partial charge in [-0.3, -0.25) is 24.0 Å². The number of hydrogen-bond donors (Lipinski definition) is 12. The Labute approximate surface area is 692 Å². The van der Waals surface area contributed by atoms with Crippen LogP contribution in [0.2, 0.25) is 0 Å². The van der Waals surface area contributed by atoms with Crippen molar-refractivity contribution < 1.29 is 94.8 Å². The third-order valence-electron chi connectivity index (χ3n) is 17.4. The average molecular weight is 1670 g/mol. The van der Waals surface area contributed by atoms with Gasteiger partial charge in [0.1, 0.15) is 37.1 Å². The first kappa shape index (κ1) is 83.0. The molecule has 0 radical (unpaired) electrons. The molecular weight excluding hydrogens is 1600 g/mol. The number of hydrogen-bond acceptors (Lipinski definition) is 29. The molecule has 12 N–H and O–H groups in total. The van der Waals surface area contributed by atoms with Gasteiger partial charge in [0.2, 0.25) is 5.78 Å². The topological polar surface area (TPSA) is 419 Å². The number of fused-ring (bicyclic) bond motifs is 1. The molecule has 0 aliphatic carbocycles. The van der Waals surface area contributed by atoms with Crippen molar-refractivity contribution in [3.63, 3.8) is 0 Å². The van der Waals surface area contributed by atoms with Gasteiger partial charge in [-0.05, 0) is 134 Å². The number of phenolic OH excluding ortho intramolecular Hbond substituents is 12. The van der Waals surface area contributed by atoms with Crippen LogP contribution in [0.15, 0.2) is 258 Å². The van der Waals surface area contributed by atoms with Crippen molar-refractivity contribution in [2.45, 2.75) is 39.0 Å². The number of para-hydroxylation sites is 1. The lowest BCUT2D eigenvalue weighted by atomic mass is 9.99. The fourth-order valence-corrected chi connectivity index (χ4v) is 15.6. The number of Topliss-reactive ketones (excluding diaryl/α,β-unsaturated/α-hetero) is 5. The monoisotopic (exact) mass is 1670 g/mol. The summed E-state index contributed by atoms with van der Waals surface area (Å²) in [6.07, 6.45) is 2.66. The van der Waals surface area contributed by atoms with E-state index >= 15 is 0 Å². The summed E-state index contributed by atoms with van der Waals surface area (Å²) < 4.78 is 5.23. The molecule has 118 heavy (non-hydrogen) atoms. The van der Waals surface area contributed by atoms with E-state index in [1.165, 1.54) is 149 Å². The predicted octanol–water partition coefficient (Wildman–Crippen LogP) is 17.9. The van der Waals surface area contributed by atoms with Gasteiger partial charge >= 0.3 is 5.97 Å². The summed E-state index contributed by atoms with van der Waals surface area (Å²) in [5.74, 6) is -3.88. The molecule has 0 bridgehead atoms. The highest BCUT2D eigenvalue weighted by molar-refractivity contribution is 7.16. The molecule has 0 fully saturated rings. The molecule has 1 aliphatic rings. The smallest absolute Gasteiger partial charge is 0.347 e. The SMILES string of the molecule is CC(=O)Cc1nc(-c2ccc(O)c(O)c2)cs1.O=C(Cc1nc(-c2ccc(O)c(O)c2)c(-c2ccccc2)s1)c1ccc(O)c(O)c1.O=C(Cc1nc(-c2ccc(O)c(O)c2)cs1)c1ccc(O)c(O)c1.O=C(Cc1nc(-c2ccc(O)c(O)c2)cs1)c1ccccc1.O=C1Oc2ccccc2C(=O)/C1=C/Cc1nc(-c2ccccc2)cs1. The average Bonchev–Trinajstić information content (AvgIpc) is 1.55. The third-order valence-corrected chi connectivity index (χ3v) is 21.9. The third kappa shape index (κ3) is 21.3. The molecule has 0 atom stereocenters. The van der Waals surface area contributed by atoms with Crippen LogP contribution in [0.1, 0.15) is 73.4 Å². The van der Waals surface area contributed by atoms with Gasteiger partial charge < -0.3 is 66.0 Å². The Morgan fingerprint density at radius 2 is 0.695 bits per heavy atom. The van der Waals surface area contributed by atoms with Crippen molar-refractivity contribution in [2.24, 2.45) is 0 Å². The molecule has 0 spiro atoms. The fraction of sp³-hybridized carbons (Fsp3) is 0.0674. The van der Waals surface area contributed by atoms with E-state index in [9.17, 15) is 90.0 Å². The maximum atomic E-state index is 12.7. The second-order valence-corrected chi connectivity index (χ2v) is 30.7. The summed E-state index contributed by atoms with van der Waals surface area (Å²) in [6, 6.07) is 61.1. The largest absolute Gasteiger partial charge is 0.504 e. The lowest BCUT2D eigenvalue weighted by Crippen LogP contribution is -2.25. The molecule has 0 saturated carbocycles. The molecule has 0 amide bonds. The van der Waals surface area contributed by atoms with Crippen LogP contribution in [0.25, 0.3) is 66.7 Å². The Hall–Kier alpha value is -14.5. The quantitative estimate of drug-likeness (QED) is 0.00893. The fourth-order valence-electron chi connectivity index (χ4n) is 11.3. The van der Waals surface area contributed by atoms with E-state index in [1.807, 2.05) is 95.0 Å². The van der Waals surface area contributed by atoms with E-state index in [1.54, 1.807) is 72.1 Å². The van der Waals surface area contributed by atoms with Gasteiger partial charge in [-0.15, -0.1) is 56.7 Å². The van der Waals surface area contributed by atoms with Gasteiger partial charge in [0.25, 0.3) is 0 Å². The minimum Gasteiger partial charge on any atom is -0.504 e. The highest BCUT2D eigenvalue weighted by Crippen LogP contribution is 2.42. The first-order valence-corrected chi connectivity index (χ1v) is 39.8. The molecule has 16 rings (SSSR count). The number of carbonyl (C=O) groups is 6. The summed E-state index contributed by atoms with van der Waals surface area (Å²) in [5.41, 5.74) is 9.76. The van der Waals surface area contributed by atoms with E-state index in [4.69, 9.17) is 4.74 Å². The van der Waals surface area contributed by atoms with Crippen LogP contribution < -0.4 is 4.74 Å². The Morgan fingerprint density at radius 1 is 0.339 bits per heavy atom. The van der Waals surface area contributed by atoms with Crippen LogP contribution in [0.3, 0.4) is 0 Å². The van der Waals surface area contributed by atoms with Crippen molar-refractivity contribution in [2.75, 3.05) is 0 Å². The van der Waals surface area contributed by atoms with Gasteiger partial charge in [-0.2, -0.15) is 0 Å². The van der Waals surface area contributed by atoms with Crippen molar-refractivity contribution in [1.82, 2.24) is 24.9 Å². The van der Waals surface area contributed by atoms with Crippen molar-refractivity contribution in [3.05, 3.63) is 305 Å². The van der Waals surface area contributed by atoms with Crippen molar-refractivity contribution in [3.8, 4) is 141 Å². The molecule has 15 aromatic rings. The lowest BCUT2D eigenvalue weighted by Gasteiger charge is -2.16. The molecule has 29 heteroatoms. The summed E-state index contributed by atoms with van der Waals surface area (Å²) >= 11 is 6.97. The van der Waals surface area contributed by atoms with E-state index < -0.39 is 5.97 Å². The number of rotatable bonds is 19. The molecule has 1 aliphatic heterocycles. The Kier molecular flexibility index (Phi) is 26.8. The zero-order chi connectivity index (χ0) is 83.7. The highest BCUT2D eigenvalue weighted by Gasteiger charge is 2.31. The standard InChI is InChI=1S/C23H17NO5S.C20H13NO3S.C17H13NO5S.C17H13NO3S.C12H11NO3S/c25-16-8-6-14(10-19(16)28)18(27)12-21-24-22(15-7-9-17(26)20(29)11-15)23(30-21)13-4-2-1-3-5-13;22-19-14-8-4-5-9-17(14)24-20(23)15(19)10-11-18-21-16(12-25-18)13-6-2-1-3-7-13;19-12-3-1-9(5-15(12)22)11-8-24-17(18-11)7-14(21)10-2-4-13(20)16(23)6-10;19-14-7-6-12(8-16(14)21)13-10-22-17(18-13)9-15(20)11-4-2-1-3-5-11;1-7(14)4-12-13-9(6-17-12)8-2-3-10(15)11(16)5-8/h1-11,25-26,28-29H,12H2;1-10,12H,11H2;1-6,8,19-20,22-23H,7H2;1-8,10,19,21H,9H2;2-3,5-6,15-16H,4H2,1H3/b;15-10-;;;. The highest BCUT2D eigenvalue weighted by atomic mass is 32.1. The number of thiazole rings is 5. The van der Waals surface area contributed by atoms with Crippen LogP contribution in [0, 0.1) is 0 Å². The summed E-state index contributed by atoms with van der Waals surface area (Å²) in [4.78, 5) is 95.7. The van der Waals surface area contributed by atoms with Gasteiger partial charge in [0, 0.05) is 72.4 Å². The second kappa shape index (κ2) is 38.1. The van der Waals surface area contributed by atoms with E-state index in [-0.39, 0.29) is 134 Å².